The van der Waals surface area contributed by atoms with E-state index in [1.54, 1.807) is 0 Å². The van der Waals surface area contributed by atoms with Crippen LogP contribution in [0.1, 0.15) is 52.3 Å². The van der Waals surface area contributed by atoms with E-state index in [9.17, 15) is 4.79 Å². The summed E-state index contributed by atoms with van der Waals surface area (Å²) in [6.45, 7) is 8.62. The second kappa shape index (κ2) is 6.40. The van der Waals surface area contributed by atoms with E-state index in [0.717, 1.165) is 12.8 Å². The number of nitrogens with one attached hydrogen (secondary N) is 1. The van der Waals surface area contributed by atoms with Gasteiger partial charge in [0, 0.05) is 6.04 Å². The molecule has 3 heteroatoms. The molecule has 1 fully saturated rings. The molecule has 1 N–H and O–H groups in total. The lowest BCUT2D eigenvalue weighted by molar-refractivity contribution is -0.133. The Kier molecular flexibility index (Phi) is 4.81. The predicted octanol–water partition coefficient (Wildman–Crippen LogP) is 3.33. The topological polar surface area (TPSA) is 32.3 Å². The second-order valence-corrected chi connectivity index (χ2v) is 6.05. The molecule has 3 nitrogen and oxygen atoms in total. The lowest BCUT2D eigenvalue weighted by Crippen LogP contribution is -2.41. The van der Waals surface area contributed by atoms with E-state index in [0.29, 0.717) is 5.92 Å². The Morgan fingerprint density at radius 1 is 1.20 bits per heavy atom. The summed E-state index contributed by atoms with van der Waals surface area (Å²) in [4.78, 5) is 14.7. The zero-order valence-electron chi connectivity index (χ0n) is 13.0. The Balaban J connectivity index is 2.30. The van der Waals surface area contributed by atoms with E-state index in [1.165, 1.54) is 5.56 Å². The number of benzene rings is 1. The van der Waals surface area contributed by atoms with E-state index in [4.69, 9.17) is 0 Å². The Morgan fingerprint density at radius 2 is 1.85 bits per heavy atom. The molecule has 1 saturated heterocycles. The SMILES string of the molecule is CCCC1NC(c2ccccc2)N(C(C)C(C)C)C1=O. The van der Waals surface area contributed by atoms with Crippen LogP contribution in [0.4, 0.5) is 0 Å². The van der Waals surface area contributed by atoms with Gasteiger partial charge in [-0.2, -0.15) is 0 Å². The van der Waals surface area contributed by atoms with Gasteiger partial charge >= 0.3 is 0 Å². The van der Waals surface area contributed by atoms with Crippen LogP contribution in [0.3, 0.4) is 0 Å². The number of carbonyl (C=O) groups is 1. The largest absolute Gasteiger partial charge is 0.319 e. The summed E-state index contributed by atoms with van der Waals surface area (Å²) in [6.07, 6.45) is 1.94. The summed E-state index contributed by atoms with van der Waals surface area (Å²) >= 11 is 0. The zero-order chi connectivity index (χ0) is 14.7. The molecular formula is C17H26N2O. The molecule has 1 aliphatic rings. The third kappa shape index (κ3) is 2.88. The number of amides is 1. The maximum Gasteiger partial charge on any atom is 0.241 e. The fourth-order valence-corrected chi connectivity index (χ4v) is 2.79. The van der Waals surface area contributed by atoms with Crippen molar-refractivity contribution in [3.05, 3.63) is 35.9 Å². The van der Waals surface area contributed by atoms with Crippen molar-refractivity contribution in [1.82, 2.24) is 10.2 Å². The first-order valence-corrected chi connectivity index (χ1v) is 7.69. The Bertz CT molecular complexity index is 444. The van der Waals surface area contributed by atoms with Crippen molar-refractivity contribution >= 4 is 5.91 Å². The van der Waals surface area contributed by atoms with Gasteiger partial charge in [0.05, 0.1) is 6.04 Å². The molecule has 0 radical (unpaired) electrons. The van der Waals surface area contributed by atoms with Crippen LogP contribution in [0.15, 0.2) is 30.3 Å². The van der Waals surface area contributed by atoms with Crippen LogP contribution in [-0.4, -0.2) is 22.9 Å². The number of rotatable bonds is 5. The smallest absolute Gasteiger partial charge is 0.241 e. The van der Waals surface area contributed by atoms with E-state index < -0.39 is 0 Å². The van der Waals surface area contributed by atoms with Crippen molar-refractivity contribution in [2.45, 2.75) is 58.8 Å². The molecule has 0 bridgehead atoms. The molecule has 0 aromatic heterocycles. The molecule has 110 valence electrons. The molecule has 1 aromatic carbocycles. The van der Waals surface area contributed by atoms with Crippen molar-refractivity contribution < 1.29 is 4.79 Å². The molecule has 0 spiro atoms. The van der Waals surface area contributed by atoms with E-state index in [2.05, 4.69) is 45.1 Å². The number of hydrogen-bond donors (Lipinski definition) is 1. The molecule has 0 aliphatic carbocycles. The minimum Gasteiger partial charge on any atom is -0.319 e. The summed E-state index contributed by atoms with van der Waals surface area (Å²) in [5.74, 6) is 0.703. The number of carbonyl (C=O) groups excluding carboxylic acids is 1. The summed E-state index contributed by atoms with van der Waals surface area (Å²) in [5, 5.41) is 3.52. The Labute approximate surface area is 122 Å². The monoisotopic (exact) mass is 274 g/mol. The molecular weight excluding hydrogens is 248 g/mol. The summed E-state index contributed by atoms with van der Waals surface area (Å²) in [7, 11) is 0. The van der Waals surface area contributed by atoms with Gasteiger partial charge < -0.3 is 4.90 Å². The molecule has 3 atom stereocenters. The average molecular weight is 274 g/mol. The van der Waals surface area contributed by atoms with E-state index in [1.807, 2.05) is 23.1 Å². The maximum atomic E-state index is 12.7. The van der Waals surface area contributed by atoms with Crippen molar-refractivity contribution in [2.75, 3.05) is 0 Å². The first-order chi connectivity index (χ1) is 9.56. The van der Waals surface area contributed by atoms with Gasteiger partial charge in [-0.3, -0.25) is 10.1 Å². The van der Waals surface area contributed by atoms with Gasteiger partial charge in [-0.15, -0.1) is 0 Å². The van der Waals surface area contributed by atoms with Crippen LogP contribution in [-0.2, 0) is 4.79 Å². The van der Waals surface area contributed by atoms with Gasteiger partial charge in [-0.1, -0.05) is 57.5 Å². The van der Waals surface area contributed by atoms with Gasteiger partial charge in [0.2, 0.25) is 5.91 Å². The standard InChI is InChI=1S/C17H26N2O/c1-5-9-15-17(20)19(13(4)12(2)3)16(18-15)14-10-7-6-8-11-14/h6-8,10-13,15-16,18H,5,9H2,1-4H3. The van der Waals surface area contributed by atoms with Gasteiger partial charge in [0.15, 0.2) is 0 Å². The predicted molar refractivity (Wildman–Crippen MR) is 82.2 cm³/mol. The van der Waals surface area contributed by atoms with Crippen molar-refractivity contribution in [2.24, 2.45) is 5.92 Å². The Morgan fingerprint density at radius 3 is 2.40 bits per heavy atom. The molecule has 20 heavy (non-hydrogen) atoms. The highest BCUT2D eigenvalue weighted by Crippen LogP contribution is 2.30. The normalized spacial score (nSPS) is 24.4. The highest BCUT2D eigenvalue weighted by atomic mass is 16.2. The van der Waals surface area contributed by atoms with Gasteiger partial charge in [-0.05, 0) is 24.8 Å². The van der Waals surface area contributed by atoms with Crippen LogP contribution in [0, 0.1) is 5.92 Å². The van der Waals surface area contributed by atoms with Gasteiger partial charge in [-0.25, -0.2) is 0 Å². The van der Waals surface area contributed by atoms with E-state index in [-0.39, 0.29) is 24.2 Å². The summed E-state index contributed by atoms with van der Waals surface area (Å²) < 4.78 is 0. The maximum absolute atomic E-state index is 12.7. The summed E-state index contributed by atoms with van der Waals surface area (Å²) in [5.41, 5.74) is 1.17. The van der Waals surface area contributed by atoms with Gasteiger partial charge in [0.25, 0.3) is 0 Å². The average Bonchev–Trinajstić information content (AvgIpc) is 2.77. The molecule has 1 amide bonds. The minimum atomic E-state index is -0.0357. The highest BCUT2D eigenvalue weighted by Gasteiger charge is 2.41. The fourth-order valence-electron chi connectivity index (χ4n) is 2.79. The third-order valence-corrected chi connectivity index (χ3v) is 4.29. The Hall–Kier alpha value is -1.35. The lowest BCUT2D eigenvalue weighted by atomic mass is 10.0. The molecule has 2 rings (SSSR count). The van der Waals surface area contributed by atoms with Gasteiger partial charge in [0.1, 0.15) is 6.17 Å². The van der Waals surface area contributed by atoms with E-state index >= 15 is 0 Å². The number of hydrogen-bond acceptors (Lipinski definition) is 2. The highest BCUT2D eigenvalue weighted by molar-refractivity contribution is 5.84. The van der Waals surface area contributed by atoms with Crippen molar-refractivity contribution in [3.8, 4) is 0 Å². The van der Waals surface area contributed by atoms with Crippen LogP contribution >= 0.6 is 0 Å². The second-order valence-electron chi connectivity index (χ2n) is 6.05. The summed E-state index contributed by atoms with van der Waals surface area (Å²) in [6, 6.07) is 10.5. The zero-order valence-corrected chi connectivity index (χ0v) is 13.0. The lowest BCUT2D eigenvalue weighted by Gasteiger charge is -2.33. The molecule has 1 aliphatic heterocycles. The third-order valence-electron chi connectivity index (χ3n) is 4.29. The van der Waals surface area contributed by atoms with Crippen molar-refractivity contribution in [1.29, 1.82) is 0 Å². The van der Waals surface area contributed by atoms with Crippen LogP contribution in [0.2, 0.25) is 0 Å². The number of nitrogens with zero attached hydrogens (tertiary/aromatic N) is 1. The minimum absolute atomic E-state index is 0.0117. The van der Waals surface area contributed by atoms with Crippen LogP contribution in [0.25, 0.3) is 0 Å². The molecule has 3 unspecified atom stereocenters. The first-order valence-electron chi connectivity index (χ1n) is 7.69. The first kappa shape index (κ1) is 15.0. The fraction of sp³-hybridized carbons (Fsp3) is 0.588. The van der Waals surface area contributed by atoms with Crippen LogP contribution in [0.5, 0.6) is 0 Å². The van der Waals surface area contributed by atoms with Crippen LogP contribution < -0.4 is 5.32 Å². The van der Waals surface area contributed by atoms with Crippen molar-refractivity contribution in [3.63, 3.8) is 0 Å². The molecule has 1 aromatic rings. The molecule has 1 heterocycles. The quantitative estimate of drug-likeness (QED) is 0.893. The molecule has 0 saturated carbocycles.